The molecule has 4 amide bonds. The molecule has 3 N–H and O–H groups in total. The van der Waals surface area contributed by atoms with E-state index in [4.69, 9.17) is 4.74 Å². The number of carbonyl (C=O) groups excluding carboxylic acids is 4. The molecule has 41 heavy (non-hydrogen) atoms. The molecule has 0 aromatic rings. The van der Waals surface area contributed by atoms with E-state index in [1.807, 2.05) is 12.2 Å². The van der Waals surface area contributed by atoms with Crippen LogP contribution in [-0.4, -0.2) is 96.7 Å². The molecule has 2 saturated carbocycles. The van der Waals surface area contributed by atoms with Crippen molar-refractivity contribution in [2.45, 2.75) is 114 Å². The second kappa shape index (κ2) is 12.7. The van der Waals surface area contributed by atoms with Crippen LogP contribution in [0.15, 0.2) is 12.2 Å². The summed E-state index contributed by atoms with van der Waals surface area (Å²) in [6.07, 6.45) is 8.59. The van der Waals surface area contributed by atoms with E-state index in [-0.39, 0.29) is 5.91 Å². The lowest BCUT2D eigenvalue weighted by Crippen LogP contribution is -2.59. The average molecular weight is 596 g/mol. The smallest absolute Gasteiger partial charge is 0.408 e. The number of sulfonamides is 1. The number of rotatable bonds is 5. The van der Waals surface area contributed by atoms with E-state index in [1.165, 1.54) is 4.90 Å². The summed E-state index contributed by atoms with van der Waals surface area (Å²) in [6, 6.07) is -2.56. The molecule has 0 spiro atoms. The molecule has 4 aliphatic rings. The van der Waals surface area contributed by atoms with Crippen LogP contribution in [0, 0.1) is 5.92 Å². The van der Waals surface area contributed by atoms with Gasteiger partial charge in [0.15, 0.2) is 0 Å². The van der Waals surface area contributed by atoms with E-state index >= 15 is 0 Å². The third-order valence-electron chi connectivity index (χ3n) is 7.88. The van der Waals surface area contributed by atoms with Crippen molar-refractivity contribution in [2.24, 2.45) is 5.92 Å². The highest BCUT2D eigenvalue weighted by Crippen LogP contribution is 2.29. The van der Waals surface area contributed by atoms with Gasteiger partial charge in [-0.2, -0.15) is 0 Å². The highest BCUT2D eigenvalue weighted by Gasteiger charge is 2.43. The Labute approximate surface area is 243 Å². The quantitative estimate of drug-likeness (QED) is 0.403. The molecule has 0 aromatic carbocycles. The van der Waals surface area contributed by atoms with Crippen LogP contribution >= 0.6 is 0 Å². The first-order valence-corrected chi connectivity index (χ1v) is 16.4. The van der Waals surface area contributed by atoms with E-state index in [9.17, 15) is 27.6 Å². The number of nitrogens with zero attached hydrogens (tertiary/aromatic N) is 2. The average Bonchev–Trinajstić information content (AvgIpc) is 3.80. The molecule has 0 radical (unpaired) electrons. The van der Waals surface area contributed by atoms with Crippen LogP contribution in [0.4, 0.5) is 4.79 Å². The fourth-order valence-corrected chi connectivity index (χ4v) is 6.75. The van der Waals surface area contributed by atoms with Crippen molar-refractivity contribution in [1.29, 1.82) is 0 Å². The van der Waals surface area contributed by atoms with E-state index in [1.54, 1.807) is 27.7 Å². The van der Waals surface area contributed by atoms with E-state index in [0.29, 0.717) is 57.8 Å². The third kappa shape index (κ3) is 8.67. The van der Waals surface area contributed by atoms with Gasteiger partial charge in [0.1, 0.15) is 23.7 Å². The lowest BCUT2D eigenvalue weighted by atomic mass is 9.99. The number of amides is 4. The Bertz CT molecular complexity index is 1140. The first kappa shape index (κ1) is 31.3. The van der Waals surface area contributed by atoms with Gasteiger partial charge in [0, 0.05) is 25.0 Å². The predicted molar refractivity (Wildman–Crippen MR) is 152 cm³/mol. The van der Waals surface area contributed by atoms with E-state index < -0.39 is 62.8 Å². The number of nitrogens with one attached hydrogen (secondary N) is 3. The number of hydrogen-bond donors (Lipinski definition) is 3. The summed E-state index contributed by atoms with van der Waals surface area (Å²) in [6.45, 7) is 8.36. The molecule has 2 aliphatic heterocycles. The number of alkyl carbamates (subject to hydrolysis) is 1. The molecule has 13 heteroatoms. The summed E-state index contributed by atoms with van der Waals surface area (Å²) >= 11 is 0. The van der Waals surface area contributed by atoms with Gasteiger partial charge in [0.05, 0.1) is 5.25 Å². The van der Waals surface area contributed by atoms with Crippen LogP contribution in [0.2, 0.25) is 0 Å². The molecule has 2 aliphatic carbocycles. The summed E-state index contributed by atoms with van der Waals surface area (Å²) < 4.78 is 32.6. The Balaban J connectivity index is 1.59. The zero-order chi connectivity index (χ0) is 29.9. The number of ether oxygens (including phenoxy) is 1. The second-order valence-corrected chi connectivity index (χ2v) is 14.7. The first-order chi connectivity index (χ1) is 19.2. The summed E-state index contributed by atoms with van der Waals surface area (Å²) in [7, 11) is -3.81. The molecule has 12 nitrogen and oxygen atoms in total. The molecule has 2 heterocycles. The van der Waals surface area contributed by atoms with Gasteiger partial charge in [-0.05, 0) is 78.7 Å². The van der Waals surface area contributed by atoms with Crippen LogP contribution in [0.25, 0.3) is 0 Å². The molecule has 1 unspecified atom stereocenters. The maximum Gasteiger partial charge on any atom is 0.408 e. The number of allylic oxidation sites excluding steroid dienone is 1. The molecular formula is C28H45N5O7S. The van der Waals surface area contributed by atoms with Gasteiger partial charge in [-0.1, -0.05) is 19.1 Å². The lowest BCUT2D eigenvalue weighted by molar-refractivity contribution is -0.141. The largest absolute Gasteiger partial charge is 0.444 e. The zero-order valence-corrected chi connectivity index (χ0v) is 25.4. The van der Waals surface area contributed by atoms with Gasteiger partial charge < -0.3 is 20.3 Å². The number of carbonyl (C=O) groups is 4. The van der Waals surface area contributed by atoms with Gasteiger partial charge in [-0.25, -0.2) is 13.2 Å². The fraction of sp³-hybridized carbons (Fsp3) is 0.786. The van der Waals surface area contributed by atoms with Crippen LogP contribution in [-0.2, 0) is 29.1 Å². The van der Waals surface area contributed by atoms with E-state index in [2.05, 4.69) is 20.3 Å². The molecule has 4 rings (SSSR count). The molecule has 0 bridgehead atoms. The van der Waals surface area contributed by atoms with Crippen molar-refractivity contribution in [2.75, 3.05) is 19.6 Å². The molecular weight excluding hydrogens is 550 g/mol. The maximum absolute atomic E-state index is 13.9. The van der Waals surface area contributed by atoms with Gasteiger partial charge >= 0.3 is 6.09 Å². The predicted octanol–water partition coefficient (Wildman–Crippen LogP) is 1.41. The Morgan fingerprint density at radius 1 is 1.05 bits per heavy atom. The van der Waals surface area contributed by atoms with Crippen molar-refractivity contribution in [1.82, 2.24) is 25.2 Å². The van der Waals surface area contributed by atoms with Crippen LogP contribution in [0.3, 0.4) is 0 Å². The summed E-state index contributed by atoms with van der Waals surface area (Å²) in [5.41, 5.74) is -0.745. The summed E-state index contributed by atoms with van der Waals surface area (Å²) in [5.74, 6) is -2.17. The topological polar surface area (TPSA) is 154 Å². The molecule has 4 atom stereocenters. The van der Waals surface area contributed by atoms with Crippen molar-refractivity contribution in [3.05, 3.63) is 12.2 Å². The van der Waals surface area contributed by atoms with Crippen LogP contribution in [0.1, 0.15) is 79.1 Å². The zero-order valence-electron chi connectivity index (χ0n) is 24.6. The van der Waals surface area contributed by atoms with Gasteiger partial charge in [-0.3, -0.25) is 24.0 Å². The van der Waals surface area contributed by atoms with Crippen LogP contribution in [0.5, 0.6) is 0 Å². The highest BCUT2D eigenvalue weighted by molar-refractivity contribution is 7.90. The molecule has 1 saturated heterocycles. The minimum absolute atomic E-state index is 0.303. The van der Waals surface area contributed by atoms with Crippen molar-refractivity contribution < 1.29 is 32.3 Å². The Morgan fingerprint density at radius 2 is 1.76 bits per heavy atom. The Kier molecular flexibility index (Phi) is 9.67. The molecule has 230 valence electrons. The second-order valence-electron chi connectivity index (χ2n) is 12.7. The molecule has 0 aromatic heterocycles. The van der Waals surface area contributed by atoms with E-state index in [0.717, 1.165) is 19.3 Å². The van der Waals surface area contributed by atoms with Crippen molar-refractivity contribution >= 4 is 33.8 Å². The van der Waals surface area contributed by atoms with Crippen molar-refractivity contribution in [3.63, 3.8) is 0 Å². The highest BCUT2D eigenvalue weighted by atomic mass is 32.2. The minimum atomic E-state index is -3.81. The van der Waals surface area contributed by atoms with Gasteiger partial charge in [-0.15, -0.1) is 0 Å². The molecule has 3 fully saturated rings. The summed E-state index contributed by atoms with van der Waals surface area (Å²) in [4.78, 5) is 57.1. The standard InChI is InChI=1S/C28H45N5O7S/c1-18-9-6-5-7-15-32(19-11-12-19)17-21(29-27(37)40-28(2,3)4)26(36)33-16-8-10-22(33)24(34)30-23(18)25(35)31-41(38,39)20-13-14-20/h6,9,18-23H,5,7-8,10-17H2,1-4H3,(H,29,37)(H,30,34)(H,31,35)/b9-6-/t18?,21-,22-,23+/m0/s1. The van der Waals surface area contributed by atoms with Gasteiger partial charge in [0.25, 0.3) is 5.91 Å². The SMILES string of the molecule is CC1/C=C\CCCN(C2CC2)C[C@H](NC(=O)OC(C)(C)C)C(=O)N2CCC[C@H]2C(=O)N[C@H]1C(=O)NS(=O)(=O)C1CC1. The van der Waals surface area contributed by atoms with Crippen LogP contribution < -0.4 is 15.4 Å². The summed E-state index contributed by atoms with van der Waals surface area (Å²) in [5, 5.41) is 4.93. The maximum atomic E-state index is 13.9. The Morgan fingerprint density at radius 3 is 2.39 bits per heavy atom. The lowest BCUT2D eigenvalue weighted by Gasteiger charge is -2.33. The normalized spacial score (nSPS) is 29.9. The monoisotopic (exact) mass is 595 g/mol. The van der Waals surface area contributed by atoms with Gasteiger partial charge in [0.2, 0.25) is 21.8 Å². The minimum Gasteiger partial charge on any atom is -0.444 e. The number of hydrogen-bond acceptors (Lipinski definition) is 8. The van der Waals surface area contributed by atoms with Crippen molar-refractivity contribution in [3.8, 4) is 0 Å². The number of fused-ring (bicyclic) bond motifs is 1. The third-order valence-corrected chi connectivity index (χ3v) is 9.71. The fourth-order valence-electron chi connectivity index (χ4n) is 5.42. The first-order valence-electron chi connectivity index (χ1n) is 14.8. The Hall–Kier alpha value is -2.67.